The summed E-state index contributed by atoms with van der Waals surface area (Å²) in [6.07, 6.45) is 4.01. The molecule has 2 aromatic rings. The molecule has 0 radical (unpaired) electrons. The Morgan fingerprint density at radius 3 is 2.72 bits per heavy atom. The SMILES string of the molecule is CCCn1cc(-c2cc(C=O)ccc2C)c(C)n1. The standard InChI is InChI=1S/C15H18N2O/c1-4-7-17-9-15(12(3)16-17)14-8-13(10-18)6-5-11(14)2/h5-6,8-10H,4,7H2,1-3H3. The molecule has 94 valence electrons. The van der Waals surface area contributed by atoms with E-state index in [4.69, 9.17) is 0 Å². The molecule has 0 fully saturated rings. The van der Waals surface area contributed by atoms with Crippen molar-refractivity contribution in [3.63, 3.8) is 0 Å². The maximum atomic E-state index is 10.9. The molecule has 2 rings (SSSR count). The first kappa shape index (κ1) is 12.6. The van der Waals surface area contributed by atoms with E-state index in [2.05, 4.69) is 25.1 Å². The van der Waals surface area contributed by atoms with Gasteiger partial charge >= 0.3 is 0 Å². The van der Waals surface area contributed by atoms with Crippen LogP contribution in [0.15, 0.2) is 24.4 Å². The van der Waals surface area contributed by atoms with Crippen LogP contribution in [0.2, 0.25) is 0 Å². The van der Waals surface area contributed by atoms with Crippen molar-refractivity contribution in [2.75, 3.05) is 0 Å². The fraction of sp³-hybridized carbons (Fsp3) is 0.333. The topological polar surface area (TPSA) is 34.9 Å². The number of hydrogen-bond acceptors (Lipinski definition) is 2. The Balaban J connectivity index is 2.50. The fourth-order valence-electron chi connectivity index (χ4n) is 2.13. The van der Waals surface area contributed by atoms with Crippen LogP contribution in [-0.2, 0) is 6.54 Å². The maximum absolute atomic E-state index is 10.9. The predicted molar refractivity (Wildman–Crippen MR) is 72.8 cm³/mol. The fourth-order valence-corrected chi connectivity index (χ4v) is 2.13. The zero-order chi connectivity index (χ0) is 13.1. The molecule has 0 aliphatic carbocycles. The lowest BCUT2D eigenvalue weighted by Gasteiger charge is -2.05. The van der Waals surface area contributed by atoms with Gasteiger partial charge in [0, 0.05) is 23.9 Å². The van der Waals surface area contributed by atoms with Crippen molar-refractivity contribution in [2.45, 2.75) is 33.7 Å². The van der Waals surface area contributed by atoms with Gasteiger partial charge < -0.3 is 0 Å². The highest BCUT2D eigenvalue weighted by Gasteiger charge is 2.10. The minimum atomic E-state index is 0.707. The monoisotopic (exact) mass is 242 g/mol. The number of hydrogen-bond donors (Lipinski definition) is 0. The van der Waals surface area contributed by atoms with Crippen LogP contribution in [0.5, 0.6) is 0 Å². The second-order valence-corrected chi connectivity index (χ2v) is 4.58. The van der Waals surface area contributed by atoms with Gasteiger partial charge in [-0.1, -0.05) is 19.1 Å². The highest BCUT2D eigenvalue weighted by atomic mass is 16.1. The molecule has 18 heavy (non-hydrogen) atoms. The quantitative estimate of drug-likeness (QED) is 0.770. The molecule has 0 N–H and O–H groups in total. The Morgan fingerprint density at radius 2 is 2.06 bits per heavy atom. The third-order valence-electron chi connectivity index (χ3n) is 3.09. The minimum Gasteiger partial charge on any atom is -0.298 e. The lowest BCUT2D eigenvalue weighted by atomic mass is 9.99. The Kier molecular flexibility index (Phi) is 3.60. The normalized spacial score (nSPS) is 10.6. The van der Waals surface area contributed by atoms with Crippen LogP contribution in [0, 0.1) is 13.8 Å². The predicted octanol–water partition coefficient (Wildman–Crippen LogP) is 3.39. The first-order valence-electron chi connectivity index (χ1n) is 6.26. The smallest absolute Gasteiger partial charge is 0.150 e. The van der Waals surface area contributed by atoms with Crippen LogP contribution in [0.1, 0.15) is 35.0 Å². The molecular weight excluding hydrogens is 224 g/mol. The van der Waals surface area contributed by atoms with Gasteiger partial charge in [-0.25, -0.2) is 0 Å². The van der Waals surface area contributed by atoms with Crippen molar-refractivity contribution >= 4 is 6.29 Å². The summed E-state index contributed by atoms with van der Waals surface area (Å²) < 4.78 is 1.97. The van der Waals surface area contributed by atoms with Gasteiger partial charge in [0.2, 0.25) is 0 Å². The van der Waals surface area contributed by atoms with E-state index in [0.29, 0.717) is 5.56 Å². The molecule has 0 bridgehead atoms. The molecule has 0 saturated heterocycles. The van der Waals surface area contributed by atoms with Crippen LogP contribution in [0.25, 0.3) is 11.1 Å². The van der Waals surface area contributed by atoms with Crippen molar-refractivity contribution in [2.24, 2.45) is 0 Å². The Hall–Kier alpha value is -1.90. The molecule has 1 aromatic heterocycles. The van der Waals surface area contributed by atoms with Gasteiger partial charge in [-0.3, -0.25) is 9.48 Å². The van der Waals surface area contributed by atoms with E-state index in [-0.39, 0.29) is 0 Å². The van der Waals surface area contributed by atoms with Crippen molar-refractivity contribution in [3.8, 4) is 11.1 Å². The van der Waals surface area contributed by atoms with Gasteiger partial charge in [-0.05, 0) is 37.5 Å². The molecule has 0 aliphatic heterocycles. The average Bonchev–Trinajstić information content (AvgIpc) is 2.71. The summed E-state index contributed by atoms with van der Waals surface area (Å²) in [5, 5.41) is 4.50. The number of aldehydes is 1. The molecule has 1 heterocycles. The third kappa shape index (κ3) is 2.35. The van der Waals surface area contributed by atoms with Gasteiger partial charge in [0.25, 0.3) is 0 Å². The third-order valence-corrected chi connectivity index (χ3v) is 3.09. The summed E-state index contributed by atoms with van der Waals surface area (Å²) >= 11 is 0. The lowest BCUT2D eigenvalue weighted by molar-refractivity contribution is 0.112. The van der Waals surface area contributed by atoms with Crippen molar-refractivity contribution in [1.82, 2.24) is 9.78 Å². The Labute approximate surface area is 107 Å². The zero-order valence-corrected chi connectivity index (χ0v) is 11.1. The van der Waals surface area contributed by atoms with E-state index in [1.807, 2.05) is 29.8 Å². The number of carbonyl (C=O) groups is 1. The van der Waals surface area contributed by atoms with E-state index >= 15 is 0 Å². The molecule has 0 atom stereocenters. The molecule has 0 spiro atoms. The number of aromatic nitrogens is 2. The van der Waals surface area contributed by atoms with Crippen molar-refractivity contribution in [1.29, 1.82) is 0 Å². The van der Waals surface area contributed by atoms with Crippen molar-refractivity contribution < 1.29 is 4.79 Å². The molecule has 0 saturated carbocycles. The van der Waals surface area contributed by atoms with Crippen LogP contribution in [-0.4, -0.2) is 16.1 Å². The second kappa shape index (κ2) is 5.17. The summed E-state index contributed by atoms with van der Waals surface area (Å²) in [7, 11) is 0. The number of aryl methyl sites for hydroxylation is 3. The Bertz CT molecular complexity index is 570. The van der Waals surface area contributed by atoms with E-state index in [9.17, 15) is 4.79 Å². The molecule has 0 unspecified atom stereocenters. The molecule has 0 amide bonds. The number of rotatable bonds is 4. The Morgan fingerprint density at radius 1 is 1.28 bits per heavy atom. The minimum absolute atomic E-state index is 0.707. The summed E-state index contributed by atoms with van der Waals surface area (Å²) in [6.45, 7) is 7.12. The second-order valence-electron chi connectivity index (χ2n) is 4.58. The van der Waals surface area contributed by atoms with Crippen LogP contribution >= 0.6 is 0 Å². The zero-order valence-electron chi connectivity index (χ0n) is 11.1. The van der Waals surface area contributed by atoms with Gasteiger partial charge in [0.1, 0.15) is 6.29 Å². The van der Waals surface area contributed by atoms with E-state index in [1.165, 1.54) is 5.56 Å². The van der Waals surface area contributed by atoms with Crippen molar-refractivity contribution in [3.05, 3.63) is 41.2 Å². The highest BCUT2D eigenvalue weighted by Crippen LogP contribution is 2.26. The van der Waals surface area contributed by atoms with Gasteiger partial charge in [0.05, 0.1) is 5.69 Å². The molecular formula is C15H18N2O. The van der Waals surface area contributed by atoms with Crippen LogP contribution < -0.4 is 0 Å². The van der Waals surface area contributed by atoms with Gasteiger partial charge in [-0.2, -0.15) is 5.10 Å². The van der Waals surface area contributed by atoms with E-state index in [0.717, 1.165) is 36.1 Å². The maximum Gasteiger partial charge on any atom is 0.150 e. The molecule has 0 aliphatic rings. The van der Waals surface area contributed by atoms with E-state index in [1.54, 1.807) is 0 Å². The number of carbonyl (C=O) groups excluding carboxylic acids is 1. The average molecular weight is 242 g/mol. The number of nitrogens with zero attached hydrogens (tertiary/aromatic N) is 2. The van der Waals surface area contributed by atoms with Crippen LogP contribution in [0.3, 0.4) is 0 Å². The van der Waals surface area contributed by atoms with Crippen LogP contribution in [0.4, 0.5) is 0 Å². The van der Waals surface area contributed by atoms with Gasteiger partial charge in [-0.15, -0.1) is 0 Å². The summed E-state index contributed by atoms with van der Waals surface area (Å²) in [4.78, 5) is 10.9. The number of benzene rings is 1. The summed E-state index contributed by atoms with van der Waals surface area (Å²) in [5.41, 5.74) is 5.09. The summed E-state index contributed by atoms with van der Waals surface area (Å²) in [6, 6.07) is 5.76. The lowest BCUT2D eigenvalue weighted by Crippen LogP contribution is -1.96. The van der Waals surface area contributed by atoms with Gasteiger partial charge in [0.15, 0.2) is 0 Å². The first-order valence-corrected chi connectivity index (χ1v) is 6.26. The molecule has 3 heteroatoms. The molecule has 1 aromatic carbocycles. The molecule has 3 nitrogen and oxygen atoms in total. The first-order chi connectivity index (χ1) is 8.65. The highest BCUT2D eigenvalue weighted by molar-refractivity contribution is 5.80. The largest absolute Gasteiger partial charge is 0.298 e. The van der Waals surface area contributed by atoms with E-state index < -0.39 is 0 Å². The summed E-state index contributed by atoms with van der Waals surface area (Å²) in [5.74, 6) is 0.